The molecule has 0 saturated heterocycles. The van der Waals surface area contributed by atoms with Gasteiger partial charge in [0.15, 0.2) is 0 Å². The molecule has 1 atom stereocenters. The molecule has 0 saturated carbocycles. The highest BCUT2D eigenvalue weighted by Crippen LogP contribution is 2.14. The molecule has 1 amide bonds. The predicted molar refractivity (Wildman–Crippen MR) is 82.7 cm³/mol. The summed E-state index contributed by atoms with van der Waals surface area (Å²) in [6.45, 7) is 2.67. The Morgan fingerprint density at radius 2 is 1.73 bits per heavy atom. The third-order valence-electron chi connectivity index (χ3n) is 3.28. The van der Waals surface area contributed by atoms with Crippen molar-refractivity contribution in [2.75, 3.05) is 0 Å². The standard InChI is InChI=1S/C17H19FN2O2/c1-12(17(19)21)20-10-13-4-8-16(9-5-13)22-11-14-2-6-15(18)7-3-14/h2-9,12,20H,10-11H2,1H3,(H2,19,21)/t12-/m0/s1. The van der Waals surface area contributed by atoms with E-state index in [-0.39, 0.29) is 17.8 Å². The third-order valence-corrected chi connectivity index (χ3v) is 3.28. The largest absolute Gasteiger partial charge is 0.489 e. The Morgan fingerprint density at radius 3 is 2.32 bits per heavy atom. The lowest BCUT2D eigenvalue weighted by Gasteiger charge is -2.11. The van der Waals surface area contributed by atoms with E-state index in [4.69, 9.17) is 10.5 Å². The van der Waals surface area contributed by atoms with Crippen LogP contribution < -0.4 is 15.8 Å². The van der Waals surface area contributed by atoms with Crippen LogP contribution in [0.5, 0.6) is 5.75 Å². The smallest absolute Gasteiger partial charge is 0.234 e. The fourth-order valence-electron chi connectivity index (χ4n) is 1.82. The number of amides is 1. The zero-order chi connectivity index (χ0) is 15.9. The number of halogens is 1. The second-order valence-corrected chi connectivity index (χ2v) is 5.06. The second-order valence-electron chi connectivity index (χ2n) is 5.06. The van der Waals surface area contributed by atoms with Crippen molar-refractivity contribution < 1.29 is 13.9 Å². The lowest BCUT2D eigenvalue weighted by Crippen LogP contribution is -2.38. The molecule has 0 spiro atoms. The Balaban J connectivity index is 1.83. The molecule has 0 fully saturated rings. The van der Waals surface area contributed by atoms with E-state index in [0.29, 0.717) is 13.2 Å². The Labute approximate surface area is 129 Å². The van der Waals surface area contributed by atoms with Gasteiger partial charge in [0.25, 0.3) is 0 Å². The minimum atomic E-state index is -0.376. The molecule has 2 rings (SSSR count). The molecule has 0 aliphatic carbocycles. The molecule has 0 unspecified atom stereocenters. The molecule has 4 nitrogen and oxygen atoms in total. The number of ether oxygens (including phenoxy) is 1. The van der Waals surface area contributed by atoms with Crippen molar-refractivity contribution in [2.24, 2.45) is 5.73 Å². The van der Waals surface area contributed by atoms with Crippen molar-refractivity contribution in [2.45, 2.75) is 26.1 Å². The SMILES string of the molecule is C[C@H](NCc1ccc(OCc2ccc(F)cc2)cc1)C(N)=O. The zero-order valence-electron chi connectivity index (χ0n) is 12.4. The second kappa shape index (κ2) is 7.56. The fourth-order valence-corrected chi connectivity index (χ4v) is 1.82. The summed E-state index contributed by atoms with van der Waals surface area (Å²) >= 11 is 0. The number of nitrogens with one attached hydrogen (secondary N) is 1. The van der Waals surface area contributed by atoms with E-state index in [9.17, 15) is 9.18 Å². The molecule has 2 aromatic carbocycles. The molecule has 0 aliphatic rings. The number of hydrogen-bond acceptors (Lipinski definition) is 3. The fraction of sp³-hybridized carbons (Fsp3) is 0.235. The monoisotopic (exact) mass is 302 g/mol. The van der Waals surface area contributed by atoms with Crippen LogP contribution in [0.3, 0.4) is 0 Å². The van der Waals surface area contributed by atoms with Crippen molar-refractivity contribution in [3.05, 3.63) is 65.5 Å². The van der Waals surface area contributed by atoms with Crippen LogP contribution in [-0.4, -0.2) is 11.9 Å². The quantitative estimate of drug-likeness (QED) is 0.825. The number of carbonyl (C=O) groups excluding carboxylic acids is 1. The van der Waals surface area contributed by atoms with Gasteiger partial charge in [-0.15, -0.1) is 0 Å². The average Bonchev–Trinajstić information content (AvgIpc) is 2.53. The molecule has 0 heterocycles. The Hall–Kier alpha value is -2.40. The molecule has 2 aromatic rings. The molecule has 0 aliphatic heterocycles. The number of carbonyl (C=O) groups is 1. The van der Waals surface area contributed by atoms with Crippen LogP contribution in [0.25, 0.3) is 0 Å². The van der Waals surface area contributed by atoms with E-state index >= 15 is 0 Å². The molecule has 0 radical (unpaired) electrons. The number of rotatable bonds is 7. The van der Waals surface area contributed by atoms with Gasteiger partial charge in [-0.2, -0.15) is 0 Å². The van der Waals surface area contributed by atoms with E-state index in [1.807, 2.05) is 24.3 Å². The highest BCUT2D eigenvalue weighted by atomic mass is 19.1. The van der Waals surface area contributed by atoms with Gasteiger partial charge in [0, 0.05) is 6.54 Å². The van der Waals surface area contributed by atoms with Gasteiger partial charge >= 0.3 is 0 Å². The van der Waals surface area contributed by atoms with Crippen molar-refractivity contribution in [1.29, 1.82) is 0 Å². The molecular weight excluding hydrogens is 283 g/mol. The van der Waals surface area contributed by atoms with Gasteiger partial charge in [-0.25, -0.2) is 4.39 Å². The molecular formula is C17H19FN2O2. The highest BCUT2D eigenvalue weighted by molar-refractivity contribution is 5.79. The zero-order valence-corrected chi connectivity index (χ0v) is 12.4. The van der Waals surface area contributed by atoms with Crippen LogP contribution in [0.2, 0.25) is 0 Å². The topological polar surface area (TPSA) is 64.3 Å². The molecule has 3 N–H and O–H groups in total. The maximum Gasteiger partial charge on any atom is 0.234 e. The molecule has 22 heavy (non-hydrogen) atoms. The first-order valence-electron chi connectivity index (χ1n) is 7.03. The first-order valence-corrected chi connectivity index (χ1v) is 7.03. The summed E-state index contributed by atoms with van der Waals surface area (Å²) in [6, 6.07) is 13.4. The predicted octanol–water partition coefficient (Wildman–Crippen LogP) is 2.37. The summed E-state index contributed by atoms with van der Waals surface area (Å²) in [7, 11) is 0. The summed E-state index contributed by atoms with van der Waals surface area (Å²) in [6.07, 6.45) is 0. The van der Waals surface area contributed by atoms with Gasteiger partial charge in [0.05, 0.1) is 6.04 Å². The van der Waals surface area contributed by atoms with Crippen LogP contribution in [0.1, 0.15) is 18.1 Å². The minimum Gasteiger partial charge on any atom is -0.489 e. The van der Waals surface area contributed by atoms with E-state index in [2.05, 4.69) is 5.32 Å². The van der Waals surface area contributed by atoms with Crippen LogP contribution in [0.15, 0.2) is 48.5 Å². The van der Waals surface area contributed by atoms with Crippen molar-refractivity contribution in [3.63, 3.8) is 0 Å². The van der Waals surface area contributed by atoms with Gasteiger partial charge < -0.3 is 15.8 Å². The van der Waals surface area contributed by atoms with E-state index in [1.165, 1.54) is 12.1 Å². The van der Waals surface area contributed by atoms with Gasteiger partial charge in [-0.3, -0.25) is 4.79 Å². The number of benzene rings is 2. The van der Waals surface area contributed by atoms with Gasteiger partial charge in [0.1, 0.15) is 18.2 Å². The third kappa shape index (κ3) is 4.86. The summed E-state index contributed by atoms with van der Waals surface area (Å²) in [5.41, 5.74) is 7.12. The lowest BCUT2D eigenvalue weighted by molar-refractivity contribution is -0.119. The minimum absolute atomic E-state index is 0.259. The van der Waals surface area contributed by atoms with Crippen molar-refractivity contribution >= 4 is 5.91 Å². The first kappa shape index (κ1) is 16.0. The summed E-state index contributed by atoms with van der Waals surface area (Å²) in [5, 5.41) is 3.03. The Kier molecular flexibility index (Phi) is 5.49. The summed E-state index contributed by atoms with van der Waals surface area (Å²) in [5.74, 6) is 0.0982. The Bertz CT molecular complexity index is 612. The Morgan fingerprint density at radius 1 is 1.14 bits per heavy atom. The van der Waals surface area contributed by atoms with E-state index in [1.54, 1.807) is 19.1 Å². The first-order chi connectivity index (χ1) is 10.5. The summed E-state index contributed by atoms with van der Waals surface area (Å²) in [4.78, 5) is 10.9. The van der Waals surface area contributed by atoms with Crippen molar-refractivity contribution in [3.8, 4) is 5.75 Å². The van der Waals surface area contributed by atoms with Gasteiger partial charge in [-0.1, -0.05) is 24.3 Å². The van der Waals surface area contributed by atoms with Crippen molar-refractivity contribution in [1.82, 2.24) is 5.32 Å². The maximum absolute atomic E-state index is 12.8. The lowest BCUT2D eigenvalue weighted by atomic mass is 10.2. The normalized spacial score (nSPS) is 11.9. The molecule has 0 bridgehead atoms. The van der Waals surface area contributed by atoms with Crippen LogP contribution in [0.4, 0.5) is 4.39 Å². The molecule has 5 heteroatoms. The number of primary amides is 1. The number of nitrogens with two attached hydrogens (primary N) is 1. The average molecular weight is 302 g/mol. The van der Waals surface area contributed by atoms with Crippen LogP contribution in [0, 0.1) is 5.82 Å². The number of hydrogen-bond donors (Lipinski definition) is 2. The van der Waals surface area contributed by atoms with Crippen LogP contribution >= 0.6 is 0 Å². The van der Waals surface area contributed by atoms with Gasteiger partial charge in [0.2, 0.25) is 5.91 Å². The van der Waals surface area contributed by atoms with E-state index in [0.717, 1.165) is 16.9 Å². The maximum atomic E-state index is 12.8. The highest BCUT2D eigenvalue weighted by Gasteiger charge is 2.07. The van der Waals surface area contributed by atoms with Crippen LogP contribution in [-0.2, 0) is 17.9 Å². The van der Waals surface area contributed by atoms with Gasteiger partial charge in [-0.05, 0) is 42.3 Å². The molecule has 116 valence electrons. The van der Waals surface area contributed by atoms with E-state index < -0.39 is 0 Å². The summed E-state index contributed by atoms with van der Waals surface area (Å²) < 4.78 is 18.4. The molecule has 0 aromatic heterocycles.